The molecule has 2 heterocycles. The van der Waals surface area contributed by atoms with Gasteiger partial charge in [0.2, 0.25) is 0 Å². The summed E-state index contributed by atoms with van der Waals surface area (Å²) in [5.41, 5.74) is 6.85. The van der Waals surface area contributed by atoms with Crippen molar-refractivity contribution >= 4 is 22.6 Å². The van der Waals surface area contributed by atoms with Crippen molar-refractivity contribution in [2.75, 3.05) is 18.0 Å². The molecule has 0 bridgehead atoms. The van der Waals surface area contributed by atoms with Gasteiger partial charge in [0, 0.05) is 35.5 Å². The quantitative estimate of drug-likeness (QED) is 0.363. The SMILES string of the molecule is C1=C(c2ccc(N(c3ccccc3)c3ccccc3)cc2)c2ccccc2OC12CCNCC2. The van der Waals surface area contributed by atoms with Gasteiger partial charge in [0.15, 0.2) is 0 Å². The van der Waals surface area contributed by atoms with E-state index in [4.69, 9.17) is 4.74 Å². The molecule has 1 fully saturated rings. The fraction of sp³-hybridized carbons (Fsp3) is 0.161. The molecule has 3 heteroatoms. The lowest BCUT2D eigenvalue weighted by molar-refractivity contribution is 0.0817. The number of nitrogens with one attached hydrogen (secondary N) is 1. The van der Waals surface area contributed by atoms with Crippen molar-refractivity contribution in [1.82, 2.24) is 5.32 Å². The van der Waals surface area contributed by atoms with E-state index in [2.05, 4.69) is 125 Å². The van der Waals surface area contributed by atoms with Crippen molar-refractivity contribution in [2.24, 2.45) is 0 Å². The number of ether oxygens (including phenoxy) is 1. The first-order valence-corrected chi connectivity index (χ1v) is 12.0. The first-order valence-electron chi connectivity index (χ1n) is 12.0. The highest BCUT2D eigenvalue weighted by atomic mass is 16.5. The summed E-state index contributed by atoms with van der Waals surface area (Å²) in [6.07, 6.45) is 4.34. The number of hydrogen-bond donors (Lipinski definition) is 1. The zero-order chi connectivity index (χ0) is 22.8. The van der Waals surface area contributed by atoms with Gasteiger partial charge in [0.25, 0.3) is 0 Å². The van der Waals surface area contributed by atoms with E-state index >= 15 is 0 Å². The molecule has 2 aliphatic heterocycles. The molecule has 1 N–H and O–H groups in total. The molecule has 34 heavy (non-hydrogen) atoms. The van der Waals surface area contributed by atoms with Gasteiger partial charge >= 0.3 is 0 Å². The van der Waals surface area contributed by atoms with Crippen LogP contribution in [0.5, 0.6) is 5.75 Å². The molecule has 0 aliphatic carbocycles. The van der Waals surface area contributed by atoms with Gasteiger partial charge in [-0.2, -0.15) is 0 Å². The van der Waals surface area contributed by atoms with Crippen LogP contribution >= 0.6 is 0 Å². The first-order chi connectivity index (χ1) is 16.8. The minimum absolute atomic E-state index is 0.228. The Morgan fingerprint density at radius 2 is 1.18 bits per heavy atom. The third-order valence-electron chi connectivity index (χ3n) is 6.81. The summed E-state index contributed by atoms with van der Waals surface area (Å²) < 4.78 is 6.57. The number of fused-ring (bicyclic) bond motifs is 1. The molecule has 1 saturated heterocycles. The molecule has 0 unspecified atom stereocenters. The van der Waals surface area contributed by atoms with Gasteiger partial charge in [0.1, 0.15) is 11.4 Å². The number of anilines is 3. The molecular formula is C31H28N2O. The lowest BCUT2D eigenvalue weighted by atomic mass is 9.83. The maximum Gasteiger partial charge on any atom is 0.130 e. The molecule has 0 amide bonds. The Morgan fingerprint density at radius 3 is 1.82 bits per heavy atom. The van der Waals surface area contributed by atoms with E-state index < -0.39 is 0 Å². The summed E-state index contributed by atoms with van der Waals surface area (Å²) in [7, 11) is 0. The van der Waals surface area contributed by atoms with Gasteiger partial charge < -0.3 is 15.0 Å². The zero-order valence-corrected chi connectivity index (χ0v) is 19.2. The Morgan fingerprint density at radius 1 is 0.618 bits per heavy atom. The van der Waals surface area contributed by atoms with Crippen molar-refractivity contribution in [1.29, 1.82) is 0 Å². The maximum absolute atomic E-state index is 6.57. The zero-order valence-electron chi connectivity index (χ0n) is 19.2. The lowest BCUT2D eigenvalue weighted by Crippen LogP contribution is -2.46. The Balaban J connectivity index is 1.41. The Hall–Kier alpha value is -3.82. The average Bonchev–Trinajstić information content (AvgIpc) is 2.91. The monoisotopic (exact) mass is 444 g/mol. The fourth-order valence-electron chi connectivity index (χ4n) is 5.09. The average molecular weight is 445 g/mol. The number of para-hydroxylation sites is 3. The standard InChI is InChI=1S/C31H28N2O/c1-3-9-25(10-4-1)33(26-11-5-2-6-12-26)27-17-15-24(16-18-27)29-23-31(19-21-32-22-20-31)34-30-14-8-7-13-28(29)30/h1-18,23,32H,19-22H2. The van der Waals surface area contributed by atoms with Crippen LogP contribution in [0.1, 0.15) is 24.0 Å². The van der Waals surface area contributed by atoms with E-state index in [1.165, 1.54) is 16.7 Å². The molecule has 2 aliphatic rings. The summed E-state index contributed by atoms with van der Waals surface area (Å²) in [4.78, 5) is 2.30. The van der Waals surface area contributed by atoms with E-state index in [0.717, 1.165) is 48.7 Å². The smallest absolute Gasteiger partial charge is 0.130 e. The van der Waals surface area contributed by atoms with Crippen LogP contribution in [0, 0.1) is 0 Å². The third kappa shape index (κ3) is 3.89. The van der Waals surface area contributed by atoms with Gasteiger partial charge in [-0.25, -0.2) is 0 Å². The summed E-state index contributed by atoms with van der Waals surface area (Å²) in [6, 6.07) is 38.4. The molecular weight excluding hydrogens is 416 g/mol. The highest BCUT2D eigenvalue weighted by Crippen LogP contribution is 2.43. The molecule has 3 nitrogen and oxygen atoms in total. The summed E-state index contributed by atoms with van der Waals surface area (Å²) in [5.74, 6) is 0.987. The number of benzene rings is 4. The second-order valence-corrected chi connectivity index (χ2v) is 9.02. The summed E-state index contributed by atoms with van der Waals surface area (Å²) in [5, 5.41) is 3.47. The predicted molar refractivity (Wildman–Crippen MR) is 140 cm³/mol. The molecule has 6 rings (SSSR count). The fourth-order valence-corrected chi connectivity index (χ4v) is 5.09. The van der Waals surface area contributed by atoms with Gasteiger partial charge in [-0.3, -0.25) is 0 Å². The highest BCUT2D eigenvalue weighted by Gasteiger charge is 2.36. The largest absolute Gasteiger partial charge is 0.482 e. The van der Waals surface area contributed by atoms with Gasteiger partial charge in [-0.1, -0.05) is 66.7 Å². The molecule has 0 atom stereocenters. The molecule has 4 aromatic rings. The third-order valence-corrected chi connectivity index (χ3v) is 6.81. The topological polar surface area (TPSA) is 24.5 Å². The number of rotatable bonds is 4. The molecule has 1 spiro atoms. The molecule has 0 radical (unpaired) electrons. The van der Waals surface area contributed by atoms with Gasteiger partial charge in [-0.05, 0) is 72.8 Å². The predicted octanol–water partition coefficient (Wildman–Crippen LogP) is 7.10. The molecule has 0 saturated carbocycles. The van der Waals surface area contributed by atoms with E-state index in [9.17, 15) is 0 Å². The Bertz CT molecular complexity index is 1250. The molecule has 0 aromatic heterocycles. The second-order valence-electron chi connectivity index (χ2n) is 9.02. The van der Waals surface area contributed by atoms with E-state index in [1.807, 2.05) is 0 Å². The van der Waals surface area contributed by atoms with Crippen molar-refractivity contribution in [3.05, 3.63) is 126 Å². The lowest BCUT2D eigenvalue weighted by Gasteiger charge is -2.40. The van der Waals surface area contributed by atoms with Crippen LogP contribution in [0.4, 0.5) is 17.1 Å². The van der Waals surface area contributed by atoms with Gasteiger partial charge in [-0.15, -0.1) is 0 Å². The Kier molecular flexibility index (Phi) is 5.40. The van der Waals surface area contributed by atoms with Crippen molar-refractivity contribution in [3.8, 4) is 5.75 Å². The van der Waals surface area contributed by atoms with Crippen LogP contribution in [0.25, 0.3) is 5.57 Å². The van der Waals surface area contributed by atoms with Crippen LogP contribution in [0.3, 0.4) is 0 Å². The van der Waals surface area contributed by atoms with Gasteiger partial charge in [0.05, 0.1) is 0 Å². The van der Waals surface area contributed by atoms with Crippen molar-refractivity contribution in [3.63, 3.8) is 0 Å². The number of hydrogen-bond acceptors (Lipinski definition) is 3. The molecule has 4 aromatic carbocycles. The first kappa shape index (κ1) is 20.8. The van der Waals surface area contributed by atoms with E-state index in [-0.39, 0.29) is 5.60 Å². The minimum atomic E-state index is -0.228. The van der Waals surface area contributed by atoms with Crippen LogP contribution in [0.2, 0.25) is 0 Å². The van der Waals surface area contributed by atoms with Crippen LogP contribution < -0.4 is 15.0 Å². The second kappa shape index (κ2) is 8.85. The minimum Gasteiger partial charge on any atom is -0.482 e. The van der Waals surface area contributed by atoms with E-state index in [0.29, 0.717) is 0 Å². The van der Waals surface area contributed by atoms with Crippen LogP contribution in [0.15, 0.2) is 115 Å². The normalized spacial score (nSPS) is 16.3. The summed E-state index contributed by atoms with van der Waals surface area (Å²) >= 11 is 0. The number of nitrogens with zero attached hydrogens (tertiary/aromatic N) is 1. The van der Waals surface area contributed by atoms with Crippen molar-refractivity contribution < 1.29 is 4.74 Å². The highest BCUT2D eigenvalue weighted by molar-refractivity contribution is 5.86. The Labute approximate surface area is 201 Å². The van der Waals surface area contributed by atoms with E-state index in [1.54, 1.807) is 0 Å². The summed E-state index contributed by atoms with van der Waals surface area (Å²) in [6.45, 7) is 1.96. The van der Waals surface area contributed by atoms with Crippen molar-refractivity contribution in [2.45, 2.75) is 18.4 Å². The molecule has 168 valence electrons. The maximum atomic E-state index is 6.57. The van der Waals surface area contributed by atoms with Crippen LogP contribution in [-0.2, 0) is 0 Å². The number of piperidine rings is 1. The van der Waals surface area contributed by atoms with Crippen LogP contribution in [-0.4, -0.2) is 18.7 Å².